The highest BCUT2D eigenvalue weighted by Crippen LogP contribution is 2.33. The number of nitrogens with zero attached hydrogens (tertiary/aromatic N) is 1. The number of rotatable bonds is 4. The van der Waals surface area contributed by atoms with Gasteiger partial charge in [0.15, 0.2) is 5.96 Å². The summed E-state index contributed by atoms with van der Waals surface area (Å²) < 4.78 is 0. The van der Waals surface area contributed by atoms with Crippen molar-refractivity contribution in [3.8, 4) is 22.3 Å². The topological polar surface area (TPSA) is 81.5 Å². The standard InChI is InChI=1S/C21H19N3O/c22-21(23)24-20(25)14-19-17(15-8-3-1-4-9-15)12-7-13-18(19)16-10-5-2-6-11-16/h1-13H,14H2,(H4,22,23,24,25). The van der Waals surface area contributed by atoms with Crippen LogP contribution < -0.4 is 11.5 Å². The van der Waals surface area contributed by atoms with Crippen molar-refractivity contribution >= 4 is 11.9 Å². The molecule has 0 aliphatic rings. The van der Waals surface area contributed by atoms with Gasteiger partial charge in [-0.3, -0.25) is 4.79 Å². The molecule has 0 radical (unpaired) electrons. The first-order valence-electron chi connectivity index (χ1n) is 8.00. The Hall–Kier alpha value is -3.40. The molecule has 4 nitrogen and oxygen atoms in total. The van der Waals surface area contributed by atoms with Crippen LogP contribution in [0.5, 0.6) is 0 Å². The van der Waals surface area contributed by atoms with Crippen molar-refractivity contribution in [2.75, 3.05) is 0 Å². The van der Waals surface area contributed by atoms with E-state index in [1.807, 2.05) is 78.9 Å². The molecule has 0 fully saturated rings. The Morgan fingerprint density at radius 3 is 1.64 bits per heavy atom. The van der Waals surface area contributed by atoms with Crippen LogP contribution >= 0.6 is 0 Å². The van der Waals surface area contributed by atoms with E-state index < -0.39 is 0 Å². The van der Waals surface area contributed by atoms with E-state index in [9.17, 15) is 4.79 Å². The second-order valence-corrected chi connectivity index (χ2v) is 5.67. The molecule has 0 aliphatic heterocycles. The van der Waals surface area contributed by atoms with Gasteiger partial charge < -0.3 is 11.5 Å². The maximum Gasteiger partial charge on any atom is 0.253 e. The number of aliphatic imine (C=N–C) groups is 1. The van der Waals surface area contributed by atoms with Gasteiger partial charge in [-0.1, -0.05) is 78.9 Å². The molecule has 0 saturated heterocycles. The minimum atomic E-state index is -0.361. The molecular formula is C21H19N3O. The molecule has 0 bridgehead atoms. The smallest absolute Gasteiger partial charge is 0.253 e. The van der Waals surface area contributed by atoms with Gasteiger partial charge in [-0.05, 0) is 27.8 Å². The zero-order valence-corrected chi connectivity index (χ0v) is 13.7. The van der Waals surface area contributed by atoms with Crippen LogP contribution in [0.1, 0.15) is 5.56 Å². The first kappa shape index (κ1) is 16.5. The number of carbonyl (C=O) groups is 1. The lowest BCUT2D eigenvalue weighted by Crippen LogP contribution is -2.24. The van der Waals surface area contributed by atoms with Crippen molar-refractivity contribution in [2.45, 2.75) is 6.42 Å². The van der Waals surface area contributed by atoms with Gasteiger partial charge in [0.2, 0.25) is 0 Å². The monoisotopic (exact) mass is 329 g/mol. The van der Waals surface area contributed by atoms with E-state index in [0.717, 1.165) is 27.8 Å². The average Bonchev–Trinajstić information content (AvgIpc) is 2.62. The number of carbonyl (C=O) groups excluding carboxylic acids is 1. The molecular weight excluding hydrogens is 310 g/mol. The minimum Gasteiger partial charge on any atom is -0.370 e. The molecule has 0 spiro atoms. The Kier molecular flexibility index (Phi) is 4.90. The largest absolute Gasteiger partial charge is 0.370 e. The zero-order valence-electron chi connectivity index (χ0n) is 13.7. The summed E-state index contributed by atoms with van der Waals surface area (Å²) in [5.74, 6) is -0.580. The van der Waals surface area contributed by atoms with E-state index in [4.69, 9.17) is 11.5 Å². The summed E-state index contributed by atoms with van der Waals surface area (Å²) in [5, 5.41) is 0. The summed E-state index contributed by atoms with van der Waals surface area (Å²) in [7, 11) is 0. The van der Waals surface area contributed by atoms with Crippen LogP contribution in [0.4, 0.5) is 0 Å². The van der Waals surface area contributed by atoms with Crippen LogP contribution in [0.25, 0.3) is 22.3 Å². The SMILES string of the molecule is NC(N)=NC(=O)Cc1c(-c2ccccc2)cccc1-c1ccccc1. The second-order valence-electron chi connectivity index (χ2n) is 5.67. The fourth-order valence-electron chi connectivity index (χ4n) is 2.89. The van der Waals surface area contributed by atoms with Crippen molar-refractivity contribution in [2.24, 2.45) is 16.5 Å². The van der Waals surface area contributed by atoms with Crippen molar-refractivity contribution in [1.82, 2.24) is 0 Å². The summed E-state index contributed by atoms with van der Waals surface area (Å²) in [4.78, 5) is 15.9. The number of nitrogens with two attached hydrogens (primary N) is 2. The third-order valence-electron chi connectivity index (χ3n) is 3.93. The summed E-state index contributed by atoms with van der Waals surface area (Å²) in [6.07, 6.45) is 0.132. The lowest BCUT2D eigenvalue weighted by atomic mass is 9.90. The molecule has 3 rings (SSSR count). The van der Waals surface area contributed by atoms with Gasteiger partial charge in [0.25, 0.3) is 5.91 Å². The van der Waals surface area contributed by atoms with E-state index in [2.05, 4.69) is 4.99 Å². The molecule has 0 atom stereocenters. The van der Waals surface area contributed by atoms with Gasteiger partial charge in [-0.15, -0.1) is 0 Å². The van der Waals surface area contributed by atoms with Crippen molar-refractivity contribution in [3.05, 3.63) is 84.4 Å². The van der Waals surface area contributed by atoms with Crippen LogP contribution in [-0.2, 0) is 11.2 Å². The highest BCUT2D eigenvalue weighted by molar-refractivity contribution is 5.94. The quantitative estimate of drug-likeness (QED) is 0.569. The predicted octanol–water partition coefficient (Wildman–Crippen LogP) is 3.36. The number of guanidine groups is 1. The van der Waals surface area contributed by atoms with Crippen molar-refractivity contribution < 1.29 is 4.79 Å². The van der Waals surface area contributed by atoms with Gasteiger partial charge in [0.05, 0.1) is 6.42 Å². The molecule has 0 unspecified atom stereocenters. The van der Waals surface area contributed by atoms with Crippen molar-refractivity contribution in [1.29, 1.82) is 0 Å². The maximum absolute atomic E-state index is 12.2. The van der Waals surface area contributed by atoms with E-state index in [1.54, 1.807) is 0 Å². The Morgan fingerprint density at radius 1 is 0.720 bits per heavy atom. The van der Waals surface area contributed by atoms with Gasteiger partial charge in [0.1, 0.15) is 0 Å². The second kappa shape index (κ2) is 7.45. The molecule has 0 heterocycles. The third kappa shape index (κ3) is 3.93. The van der Waals surface area contributed by atoms with Crippen LogP contribution in [0, 0.1) is 0 Å². The molecule has 124 valence electrons. The maximum atomic E-state index is 12.2. The van der Waals surface area contributed by atoms with E-state index in [-0.39, 0.29) is 18.3 Å². The van der Waals surface area contributed by atoms with Crippen LogP contribution in [0.2, 0.25) is 0 Å². The average molecular weight is 329 g/mol. The summed E-state index contributed by atoms with van der Waals surface area (Å²) >= 11 is 0. The first-order valence-corrected chi connectivity index (χ1v) is 8.00. The Bertz CT molecular complexity index is 841. The predicted molar refractivity (Wildman–Crippen MR) is 102 cm³/mol. The molecule has 25 heavy (non-hydrogen) atoms. The molecule has 0 saturated carbocycles. The van der Waals surface area contributed by atoms with Gasteiger partial charge in [-0.25, -0.2) is 0 Å². The number of benzene rings is 3. The van der Waals surface area contributed by atoms with E-state index in [0.29, 0.717) is 0 Å². The van der Waals surface area contributed by atoms with Gasteiger partial charge in [0, 0.05) is 0 Å². The number of amides is 1. The van der Waals surface area contributed by atoms with E-state index >= 15 is 0 Å². The Morgan fingerprint density at radius 2 is 1.20 bits per heavy atom. The molecule has 3 aromatic carbocycles. The van der Waals surface area contributed by atoms with Crippen molar-refractivity contribution in [3.63, 3.8) is 0 Å². The van der Waals surface area contributed by atoms with Crippen LogP contribution in [0.15, 0.2) is 83.9 Å². The molecule has 1 amide bonds. The first-order chi connectivity index (χ1) is 12.1. The fourth-order valence-corrected chi connectivity index (χ4v) is 2.89. The highest BCUT2D eigenvalue weighted by atomic mass is 16.1. The fraction of sp³-hybridized carbons (Fsp3) is 0.0476. The molecule has 3 aromatic rings. The lowest BCUT2D eigenvalue weighted by Gasteiger charge is -2.14. The molecule has 4 N–H and O–H groups in total. The van der Waals surface area contributed by atoms with Gasteiger partial charge in [-0.2, -0.15) is 4.99 Å². The minimum absolute atomic E-state index is 0.132. The van der Waals surface area contributed by atoms with Crippen LogP contribution in [-0.4, -0.2) is 11.9 Å². The molecule has 0 aliphatic carbocycles. The summed E-state index contributed by atoms with van der Waals surface area (Å²) in [5.41, 5.74) is 15.7. The molecule has 0 aromatic heterocycles. The normalized spacial score (nSPS) is 10.2. The van der Waals surface area contributed by atoms with E-state index in [1.165, 1.54) is 0 Å². The molecule has 4 heteroatoms. The zero-order chi connectivity index (χ0) is 17.6. The van der Waals surface area contributed by atoms with Gasteiger partial charge >= 0.3 is 0 Å². The number of hydrogen-bond acceptors (Lipinski definition) is 1. The Balaban J connectivity index is 2.16. The van der Waals surface area contributed by atoms with Crippen LogP contribution in [0.3, 0.4) is 0 Å². The summed E-state index contributed by atoms with van der Waals surface area (Å²) in [6, 6.07) is 26.0. The Labute approximate surface area is 146 Å². The highest BCUT2D eigenvalue weighted by Gasteiger charge is 2.15. The third-order valence-corrected chi connectivity index (χ3v) is 3.93. The summed E-state index contributed by atoms with van der Waals surface area (Å²) in [6.45, 7) is 0. The number of hydrogen-bond donors (Lipinski definition) is 2. The lowest BCUT2D eigenvalue weighted by molar-refractivity contribution is -0.117.